The lowest BCUT2D eigenvalue weighted by atomic mass is 9.78. The molecule has 0 spiro atoms. The van der Waals surface area contributed by atoms with Gasteiger partial charge in [-0.05, 0) is 31.0 Å². The van der Waals surface area contributed by atoms with Crippen LogP contribution in [-0.2, 0) is 16.6 Å². The van der Waals surface area contributed by atoms with Crippen LogP contribution in [-0.4, -0.2) is 42.3 Å². The summed E-state index contributed by atoms with van der Waals surface area (Å²) in [7, 11) is 0. The molecular weight excluding hydrogens is 526 g/mol. The molecule has 4 aromatic rings. The summed E-state index contributed by atoms with van der Waals surface area (Å²) in [5.41, 5.74) is -0.699. The zero-order valence-electron chi connectivity index (χ0n) is 18.7. The van der Waals surface area contributed by atoms with Crippen LogP contribution >= 0.6 is 11.6 Å². The molecule has 4 heterocycles. The summed E-state index contributed by atoms with van der Waals surface area (Å²) in [6.45, 7) is 1.57. The first-order valence-electron chi connectivity index (χ1n) is 10.7. The molecule has 1 aromatic carbocycles. The summed E-state index contributed by atoms with van der Waals surface area (Å²) < 4.78 is 79.9. The van der Waals surface area contributed by atoms with Gasteiger partial charge in [-0.3, -0.25) is 4.79 Å². The molecule has 1 N–H and O–H groups in total. The molecule has 1 atom stereocenters. The van der Waals surface area contributed by atoms with Crippen molar-refractivity contribution in [3.05, 3.63) is 70.6 Å². The second-order valence-electron chi connectivity index (χ2n) is 8.58. The zero-order chi connectivity index (χ0) is 26.8. The Morgan fingerprint density at radius 3 is 2.46 bits per heavy atom. The van der Waals surface area contributed by atoms with Crippen molar-refractivity contribution in [2.24, 2.45) is 0 Å². The molecule has 7 nitrogen and oxygen atoms in total. The van der Waals surface area contributed by atoms with Crippen molar-refractivity contribution in [3.8, 4) is 11.5 Å². The zero-order valence-corrected chi connectivity index (χ0v) is 19.5. The molecule has 0 bridgehead atoms. The molecule has 0 fully saturated rings. The Morgan fingerprint density at radius 2 is 1.78 bits per heavy atom. The van der Waals surface area contributed by atoms with E-state index < -0.39 is 42.1 Å². The van der Waals surface area contributed by atoms with Crippen LogP contribution in [0, 0.1) is 5.82 Å². The molecule has 5 rings (SSSR count). The first kappa shape index (κ1) is 24.9. The Morgan fingerprint density at radius 1 is 1.08 bits per heavy atom. The van der Waals surface area contributed by atoms with Gasteiger partial charge in [0.05, 0.1) is 11.3 Å². The highest BCUT2D eigenvalue weighted by Gasteiger charge is 2.56. The fourth-order valence-electron chi connectivity index (χ4n) is 4.18. The number of nitrogens with zero attached hydrogens (tertiary/aromatic N) is 5. The lowest BCUT2D eigenvalue weighted by Gasteiger charge is -2.23. The topological polar surface area (TPSA) is 85.1 Å². The second-order valence-corrected chi connectivity index (χ2v) is 8.94. The Labute approximate surface area is 209 Å². The molecule has 1 amide bonds. The van der Waals surface area contributed by atoms with Gasteiger partial charge in [-0.1, -0.05) is 23.7 Å². The fraction of sp³-hybridized carbons (Fsp3) is 0.261. The van der Waals surface area contributed by atoms with Crippen molar-refractivity contribution < 1.29 is 31.1 Å². The SMILES string of the molecule is CC1(c2ccc(F)cc2)C(=O)Nc2nc(-c3cn4ccnc4c(CCC(F)(F)C(F)(F)F)n3)nc(Cl)c21. The third-order valence-corrected chi connectivity index (χ3v) is 6.51. The molecular formula is C23H15ClF6N6O. The highest BCUT2D eigenvalue weighted by atomic mass is 35.5. The maximum Gasteiger partial charge on any atom is 0.453 e. The summed E-state index contributed by atoms with van der Waals surface area (Å²) in [4.78, 5) is 29.7. The third-order valence-electron chi connectivity index (χ3n) is 6.24. The quantitative estimate of drug-likeness (QED) is 0.272. The number of benzene rings is 1. The van der Waals surface area contributed by atoms with Crippen molar-refractivity contribution in [2.45, 2.75) is 37.3 Å². The maximum atomic E-state index is 13.6. The van der Waals surface area contributed by atoms with E-state index in [0.29, 0.717) is 5.56 Å². The minimum Gasteiger partial charge on any atom is -0.309 e. The Balaban J connectivity index is 1.57. The van der Waals surface area contributed by atoms with E-state index in [1.807, 2.05) is 0 Å². The number of carbonyl (C=O) groups excluding carboxylic acids is 1. The predicted molar refractivity (Wildman–Crippen MR) is 120 cm³/mol. The Hall–Kier alpha value is -3.74. The number of nitrogens with one attached hydrogen (secondary N) is 1. The predicted octanol–water partition coefficient (Wildman–Crippen LogP) is 5.37. The molecule has 1 aliphatic rings. The molecule has 0 saturated carbocycles. The van der Waals surface area contributed by atoms with Crippen LogP contribution in [0.15, 0.2) is 42.9 Å². The van der Waals surface area contributed by atoms with Crippen molar-refractivity contribution in [2.75, 3.05) is 5.32 Å². The van der Waals surface area contributed by atoms with Gasteiger partial charge in [0.1, 0.15) is 27.9 Å². The monoisotopic (exact) mass is 540 g/mol. The molecule has 3 aromatic heterocycles. The number of aromatic nitrogens is 5. The maximum absolute atomic E-state index is 13.6. The summed E-state index contributed by atoms with van der Waals surface area (Å²) in [6, 6.07) is 5.27. The van der Waals surface area contributed by atoms with Crippen LogP contribution < -0.4 is 5.32 Å². The number of amides is 1. The van der Waals surface area contributed by atoms with Crippen LogP contribution in [0.5, 0.6) is 0 Å². The third kappa shape index (κ3) is 4.06. The summed E-state index contributed by atoms with van der Waals surface area (Å²) >= 11 is 6.48. The van der Waals surface area contributed by atoms with E-state index in [9.17, 15) is 31.1 Å². The van der Waals surface area contributed by atoms with Gasteiger partial charge in [-0.2, -0.15) is 22.0 Å². The van der Waals surface area contributed by atoms with Crippen LogP contribution in [0.4, 0.5) is 32.2 Å². The number of halogens is 7. The normalized spacial score (nSPS) is 17.8. The van der Waals surface area contributed by atoms with Gasteiger partial charge in [0.15, 0.2) is 11.5 Å². The number of anilines is 1. The van der Waals surface area contributed by atoms with E-state index in [1.165, 1.54) is 47.3 Å². The van der Waals surface area contributed by atoms with Crippen LogP contribution in [0.25, 0.3) is 17.2 Å². The lowest BCUT2D eigenvalue weighted by Crippen LogP contribution is -2.36. The molecule has 14 heteroatoms. The second kappa shape index (κ2) is 8.40. The van der Waals surface area contributed by atoms with Crippen molar-refractivity contribution in [3.63, 3.8) is 0 Å². The molecule has 0 saturated heterocycles. The number of hydrogen-bond acceptors (Lipinski definition) is 5. The van der Waals surface area contributed by atoms with E-state index in [-0.39, 0.29) is 39.4 Å². The average molecular weight is 541 g/mol. The van der Waals surface area contributed by atoms with Crippen molar-refractivity contribution >= 4 is 29.0 Å². The minimum absolute atomic E-state index is 0.00478. The van der Waals surface area contributed by atoms with Crippen molar-refractivity contribution in [1.82, 2.24) is 24.3 Å². The van der Waals surface area contributed by atoms with Gasteiger partial charge >= 0.3 is 12.1 Å². The van der Waals surface area contributed by atoms with Gasteiger partial charge < -0.3 is 9.72 Å². The highest BCUT2D eigenvalue weighted by molar-refractivity contribution is 6.32. The number of hydrogen-bond donors (Lipinski definition) is 1. The van der Waals surface area contributed by atoms with Gasteiger partial charge in [0.2, 0.25) is 5.91 Å². The van der Waals surface area contributed by atoms with E-state index in [0.717, 1.165) is 0 Å². The smallest absolute Gasteiger partial charge is 0.309 e. The highest BCUT2D eigenvalue weighted by Crippen LogP contribution is 2.45. The van der Waals surface area contributed by atoms with Gasteiger partial charge in [0, 0.05) is 25.0 Å². The van der Waals surface area contributed by atoms with E-state index >= 15 is 0 Å². The number of rotatable bonds is 5. The Bertz CT molecular complexity index is 1540. The first-order chi connectivity index (χ1) is 17.3. The lowest BCUT2D eigenvalue weighted by molar-refractivity contribution is -0.284. The number of alkyl halides is 5. The van der Waals surface area contributed by atoms with E-state index in [2.05, 4.69) is 25.3 Å². The number of carbonyl (C=O) groups is 1. The van der Waals surface area contributed by atoms with E-state index in [4.69, 9.17) is 11.6 Å². The molecule has 1 aliphatic heterocycles. The molecule has 0 aliphatic carbocycles. The molecule has 37 heavy (non-hydrogen) atoms. The largest absolute Gasteiger partial charge is 0.453 e. The fourth-order valence-corrected chi connectivity index (χ4v) is 4.53. The van der Waals surface area contributed by atoms with E-state index in [1.54, 1.807) is 6.92 Å². The van der Waals surface area contributed by atoms with Crippen LogP contribution in [0.3, 0.4) is 0 Å². The first-order valence-corrected chi connectivity index (χ1v) is 11.1. The number of aryl methyl sites for hydroxylation is 1. The number of imidazole rings is 1. The summed E-state index contributed by atoms with van der Waals surface area (Å²) in [5, 5.41) is 2.50. The standard InChI is InChI=1S/C23H15ClF6N6O/c1-21(11-2-4-12(25)5-3-11)15-16(24)33-17(34-18(15)35-20(21)37)14-10-36-9-8-31-19(36)13(32-14)6-7-22(26,27)23(28,29)30/h2-5,8-10H,6-7H2,1H3,(H,33,34,35,37). The average Bonchev–Trinajstić information content (AvgIpc) is 3.40. The van der Waals surface area contributed by atoms with Crippen LogP contribution in [0.2, 0.25) is 5.15 Å². The van der Waals surface area contributed by atoms with Gasteiger partial charge in [0.25, 0.3) is 0 Å². The van der Waals surface area contributed by atoms with Crippen molar-refractivity contribution in [1.29, 1.82) is 0 Å². The summed E-state index contributed by atoms with van der Waals surface area (Å²) in [6.07, 6.45) is -3.79. The Kier molecular flexibility index (Phi) is 5.66. The van der Waals surface area contributed by atoms with Gasteiger partial charge in [-0.25, -0.2) is 24.3 Å². The molecule has 192 valence electrons. The minimum atomic E-state index is -5.71. The van der Waals surface area contributed by atoms with Gasteiger partial charge in [-0.15, -0.1) is 0 Å². The van der Waals surface area contributed by atoms with Crippen LogP contribution in [0.1, 0.15) is 30.2 Å². The number of fused-ring (bicyclic) bond motifs is 2. The summed E-state index contributed by atoms with van der Waals surface area (Å²) in [5.74, 6) is -5.95. The molecule has 0 radical (unpaired) electrons. The molecule has 1 unspecified atom stereocenters.